The maximum Gasteiger partial charge on any atom is 0.423 e. The van der Waals surface area contributed by atoms with Crippen molar-refractivity contribution >= 4 is 16.5 Å². The number of alkyl halides is 6. The van der Waals surface area contributed by atoms with Crippen molar-refractivity contribution in [3.05, 3.63) is 80.6 Å². The molecular weight excluding hydrogens is 553 g/mol. The lowest BCUT2D eigenvalue weighted by Crippen LogP contribution is -2.24. The van der Waals surface area contributed by atoms with Crippen molar-refractivity contribution < 1.29 is 35.8 Å². The first-order chi connectivity index (χ1) is 18.7. The highest BCUT2D eigenvalue weighted by Crippen LogP contribution is 2.30. The molecule has 4 rings (SSSR count). The van der Waals surface area contributed by atoms with Crippen LogP contribution >= 0.6 is 0 Å². The molecule has 0 saturated carbocycles. The summed E-state index contributed by atoms with van der Waals surface area (Å²) in [4.78, 5) is 30.3. The molecule has 0 saturated heterocycles. The normalized spacial score (nSPS) is 11.8. The number of nitrogens with one attached hydrogen (secondary N) is 1. The van der Waals surface area contributed by atoms with E-state index in [0.717, 1.165) is 18.7 Å². The number of hydrogen-bond donors (Lipinski definition) is 3. The van der Waals surface area contributed by atoms with E-state index in [9.17, 15) is 40.3 Å². The van der Waals surface area contributed by atoms with E-state index in [1.54, 1.807) is 17.4 Å². The Hall–Kier alpha value is -4.34. The molecule has 0 spiro atoms. The van der Waals surface area contributed by atoms with Crippen molar-refractivity contribution in [1.82, 2.24) is 24.7 Å². The molecule has 0 unspecified atom stereocenters. The first-order valence-electron chi connectivity index (χ1n) is 11.5. The van der Waals surface area contributed by atoms with Crippen molar-refractivity contribution in [1.29, 1.82) is 0 Å². The van der Waals surface area contributed by atoms with E-state index in [0.29, 0.717) is 37.2 Å². The summed E-state index contributed by atoms with van der Waals surface area (Å²) < 4.78 is 89.8. The number of unbranched alkanes of at least 4 members (excludes halogenated alkanes) is 2. The van der Waals surface area contributed by atoms with Gasteiger partial charge in [0, 0.05) is 31.7 Å². The Morgan fingerprint density at radius 1 is 0.950 bits per heavy atom. The van der Waals surface area contributed by atoms with Gasteiger partial charge in [-0.25, -0.2) is 19.5 Å². The molecule has 0 fully saturated rings. The van der Waals surface area contributed by atoms with Crippen molar-refractivity contribution in [2.24, 2.45) is 0 Å². The van der Waals surface area contributed by atoms with Crippen LogP contribution < -0.4 is 16.9 Å². The topological polar surface area (TPSA) is 140 Å². The molecule has 0 radical (unpaired) electrons. The second-order valence-corrected chi connectivity index (χ2v) is 8.34. The van der Waals surface area contributed by atoms with Gasteiger partial charge in [-0.3, -0.25) is 9.59 Å². The summed E-state index contributed by atoms with van der Waals surface area (Å²) in [6, 6.07) is 4.04. The highest BCUT2D eigenvalue weighted by atomic mass is 19.4. The average molecular weight is 574 g/mol. The molecule has 0 aliphatic carbocycles. The van der Waals surface area contributed by atoms with Gasteiger partial charge >= 0.3 is 12.4 Å². The number of anilines is 1. The van der Waals surface area contributed by atoms with Gasteiger partial charge in [0.1, 0.15) is 11.4 Å². The predicted molar refractivity (Wildman–Crippen MR) is 129 cm³/mol. The van der Waals surface area contributed by atoms with Crippen LogP contribution in [0.25, 0.3) is 22.2 Å². The number of halogens is 7. The van der Waals surface area contributed by atoms with Crippen molar-refractivity contribution in [3.63, 3.8) is 0 Å². The number of aromatic nitrogens is 5. The minimum absolute atomic E-state index is 0.0821. The molecule has 16 heteroatoms. The molecule has 214 valence electrons. The van der Waals surface area contributed by atoms with Crippen molar-refractivity contribution in [3.8, 4) is 11.4 Å². The lowest BCUT2D eigenvalue weighted by atomic mass is 10.1. The zero-order chi connectivity index (χ0) is 29.7. The second kappa shape index (κ2) is 12.2. The van der Waals surface area contributed by atoms with E-state index in [4.69, 9.17) is 10.8 Å². The summed E-state index contributed by atoms with van der Waals surface area (Å²) in [5.74, 6) is -0.983. The molecule has 0 amide bonds. The number of H-pyrrole nitrogens is 1. The summed E-state index contributed by atoms with van der Waals surface area (Å²) in [5.41, 5.74) is 0.0248. The SMILES string of the molecule is Nc1cn[nH]c(=O)c1C(F)(F)F.O=c1c2cc(F)c(-c3ncc(C(F)(F)F)cn3)cc2ccn1CCCCCO. The van der Waals surface area contributed by atoms with Crippen molar-refractivity contribution in [2.75, 3.05) is 12.3 Å². The summed E-state index contributed by atoms with van der Waals surface area (Å²) in [5, 5.41) is 14.1. The monoisotopic (exact) mass is 574 g/mol. The molecule has 1 aromatic carbocycles. The number of benzene rings is 1. The maximum absolute atomic E-state index is 14.5. The fourth-order valence-electron chi connectivity index (χ4n) is 3.54. The van der Waals surface area contributed by atoms with Crippen LogP contribution in [0.3, 0.4) is 0 Å². The Balaban J connectivity index is 0.000000307. The third-order valence-corrected chi connectivity index (χ3v) is 5.51. The number of nitrogen functional groups attached to an aromatic ring is 1. The van der Waals surface area contributed by atoms with Crippen LogP contribution in [0.15, 0.2) is 52.6 Å². The van der Waals surface area contributed by atoms with E-state index in [1.807, 2.05) is 0 Å². The quantitative estimate of drug-likeness (QED) is 0.232. The molecule has 0 aliphatic heterocycles. The van der Waals surface area contributed by atoms with Gasteiger partial charge in [0.25, 0.3) is 11.1 Å². The van der Waals surface area contributed by atoms with Crippen LogP contribution in [0.5, 0.6) is 0 Å². The third kappa shape index (κ3) is 7.19. The van der Waals surface area contributed by atoms with Crippen LogP contribution in [-0.4, -0.2) is 36.4 Å². The minimum atomic E-state index is -4.74. The van der Waals surface area contributed by atoms with Gasteiger partial charge in [-0.1, -0.05) is 0 Å². The minimum Gasteiger partial charge on any atom is -0.397 e. The summed E-state index contributed by atoms with van der Waals surface area (Å²) >= 11 is 0. The molecule has 4 N–H and O–H groups in total. The Kier molecular flexibility index (Phi) is 9.24. The molecule has 9 nitrogen and oxygen atoms in total. The highest BCUT2D eigenvalue weighted by Gasteiger charge is 2.36. The molecule has 40 heavy (non-hydrogen) atoms. The van der Waals surface area contributed by atoms with Crippen LogP contribution in [0, 0.1) is 5.82 Å². The van der Waals surface area contributed by atoms with Gasteiger partial charge in [0.05, 0.1) is 28.4 Å². The Morgan fingerprint density at radius 3 is 2.17 bits per heavy atom. The Bertz CT molecular complexity index is 1580. The number of hydrogen-bond acceptors (Lipinski definition) is 7. The van der Waals surface area contributed by atoms with E-state index < -0.39 is 40.5 Å². The van der Waals surface area contributed by atoms with E-state index in [2.05, 4.69) is 15.1 Å². The van der Waals surface area contributed by atoms with Gasteiger partial charge in [0.2, 0.25) is 0 Å². The lowest BCUT2D eigenvalue weighted by molar-refractivity contribution is -0.138. The molecule has 3 heterocycles. The number of pyridine rings is 1. The molecular formula is C24H21F7N6O3. The van der Waals surface area contributed by atoms with Gasteiger partial charge in [-0.15, -0.1) is 0 Å². The third-order valence-electron chi connectivity index (χ3n) is 5.51. The predicted octanol–water partition coefficient (Wildman–Crippen LogP) is 4.15. The van der Waals surface area contributed by atoms with Gasteiger partial charge < -0.3 is 15.4 Å². The first-order valence-corrected chi connectivity index (χ1v) is 11.5. The number of aryl methyl sites for hydroxylation is 1. The van der Waals surface area contributed by atoms with Crippen LogP contribution in [0.4, 0.5) is 36.4 Å². The van der Waals surface area contributed by atoms with Crippen LogP contribution in [-0.2, 0) is 18.9 Å². The maximum atomic E-state index is 14.5. The summed E-state index contributed by atoms with van der Waals surface area (Å²) in [7, 11) is 0. The molecule has 0 aliphatic rings. The average Bonchev–Trinajstić information content (AvgIpc) is 2.87. The van der Waals surface area contributed by atoms with E-state index in [1.165, 1.54) is 10.6 Å². The summed E-state index contributed by atoms with van der Waals surface area (Å²) in [6.45, 7) is 0.535. The zero-order valence-corrected chi connectivity index (χ0v) is 20.4. The molecule has 0 bridgehead atoms. The van der Waals surface area contributed by atoms with Gasteiger partial charge in [-0.2, -0.15) is 31.4 Å². The number of aliphatic hydroxyl groups is 1. The number of nitrogens with two attached hydrogens (primary N) is 1. The largest absolute Gasteiger partial charge is 0.423 e. The van der Waals surface area contributed by atoms with Crippen molar-refractivity contribution in [2.45, 2.75) is 38.2 Å². The smallest absolute Gasteiger partial charge is 0.397 e. The number of rotatable bonds is 6. The molecule has 0 atom stereocenters. The number of aromatic amines is 1. The highest BCUT2D eigenvalue weighted by molar-refractivity contribution is 5.85. The summed E-state index contributed by atoms with van der Waals surface area (Å²) in [6.07, 6.45) is -3.70. The number of aliphatic hydroxyl groups excluding tert-OH is 1. The second-order valence-electron chi connectivity index (χ2n) is 8.34. The van der Waals surface area contributed by atoms with Gasteiger partial charge in [-0.05, 0) is 42.8 Å². The molecule has 3 aromatic heterocycles. The van der Waals surface area contributed by atoms with E-state index in [-0.39, 0.29) is 28.9 Å². The standard InChI is InChI=1S/C19H17F4N3O2.C5H4F3N3O/c20-16-9-14-12(4-6-26(18(14)28)5-2-1-3-7-27)8-15(16)17-24-10-13(11-25-17)19(21,22)23;6-5(7,8)3-2(9)1-10-11-4(3)12/h4,6,8-11,27H,1-3,5,7H2;1H,(H3,9,11,12). The number of fused-ring (bicyclic) bond motifs is 1. The number of nitrogens with zero attached hydrogens (tertiary/aromatic N) is 4. The zero-order valence-electron chi connectivity index (χ0n) is 20.4. The van der Waals surface area contributed by atoms with E-state index >= 15 is 0 Å². The fraction of sp³-hybridized carbons (Fsp3) is 0.292. The molecule has 4 aromatic rings. The fourth-order valence-corrected chi connectivity index (χ4v) is 3.54. The Morgan fingerprint density at radius 2 is 1.62 bits per heavy atom. The van der Waals surface area contributed by atoms with Crippen LogP contribution in [0.1, 0.15) is 30.4 Å². The lowest BCUT2D eigenvalue weighted by Gasteiger charge is -2.10. The van der Waals surface area contributed by atoms with Crippen LogP contribution in [0.2, 0.25) is 0 Å². The first kappa shape index (κ1) is 30.2. The van der Waals surface area contributed by atoms with Gasteiger partial charge in [0.15, 0.2) is 5.82 Å². The Labute approximate surface area is 220 Å².